The Hall–Kier alpha value is -4.04. The lowest BCUT2D eigenvalue weighted by molar-refractivity contribution is 0.616. The first-order valence-electron chi connectivity index (χ1n) is 10.4. The van der Waals surface area contributed by atoms with E-state index in [4.69, 9.17) is 0 Å². The van der Waals surface area contributed by atoms with Crippen molar-refractivity contribution in [3.63, 3.8) is 0 Å². The molecule has 0 spiro atoms. The van der Waals surface area contributed by atoms with Crippen molar-refractivity contribution in [3.05, 3.63) is 113 Å². The van der Waals surface area contributed by atoms with E-state index in [1.54, 1.807) is 18.3 Å². The summed E-state index contributed by atoms with van der Waals surface area (Å²) in [6, 6.07) is 13.5. The predicted octanol–water partition coefficient (Wildman–Crippen LogP) is 5.86. The van der Waals surface area contributed by atoms with Crippen LogP contribution in [0.3, 0.4) is 0 Å². The summed E-state index contributed by atoms with van der Waals surface area (Å²) >= 11 is 0. The van der Waals surface area contributed by atoms with Gasteiger partial charge < -0.3 is 4.90 Å². The fourth-order valence-corrected chi connectivity index (χ4v) is 4.11. The van der Waals surface area contributed by atoms with Gasteiger partial charge in [0, 0.05) is 24.5 Å². The molecule has 4 rings (SSSR count). The van der Waals surface area contributed by atoms with E-state index in [1.165, 1.54) is 6.20 Å². The Morgan fingerprint density at radius 2 is 2.06 bits per heavy atom. The third-order valence-electron chi connectivity index (χ3n) is 5.78. The Kier molecular flexibility index (Phi) is 5.96. The average molecular weight is 423 g/mol. The van der Waals surface area contributed by atoms with Crippen molar-refractivity contribution in [1.29, 1.82) is 5.26 Å². The van der Waals surface area contributed by atoms with Crippen molar-refractivity contribution >= 4 is 16.8 Å². The summed E-state index contributed by atoms with van der Waals surface area (Å²) in [6.07, 6.45) is 9.97. The smallest absolute Gasteiger partial charge is 0.141 e. The fraction of sp³-hybridized carbons (Fsp3) is 0.148. The van der Waals surface area contributed by atoms with Gasteiger partial charge in [-0.2, -0.15) is 5.26 Å². The SMILES string of the molecule is C=C/C(=C\C1=C(N(C)c2cccnc2)CCc2cc(F)cnc21)c1cccc(C)c1C#N. The van der Waals surface area contributed by atoms with Crippen LogP contribution in [0.25, 0.3) is 11.1 Å². The maximum absolute atomic E-state index is 13.9. The minimum atomic E-state index is -0.342. The van der Waals surface area contributed by atoms with Crippen LogP contribution in [0.4, 0.5) is 10.1 Å². The number of anilines is 1. The lowest BCUT2D eigenvalue weighted by Gasteiger charge is -2.29. The number of nitriles is 1. The lowest BCUT2D eigenvalue weighted by Crippen LogP contribution is -2.22. The van der Waals surface area contributed by atoms with Crippen molar-refractivity contribution in [3.8, 4) is 6.07 Å². The number of aromatic nitrogens is 2. The van der Waals surface area contributed by atoms with Gasteiger partial charge in [0.15, 0.2) is 0 Å². The third kappa shape index (κ3) is 3.95. The average Bonchev–Trinajstić information content (AvgIpc) is 2.82. The van der Waals surface area contributed by atoms with E-state index in [9.17, 15) is 9.65 Å². The van der Waals surface area contributed by atoms with E-state index in [1.807, 2.05) is 56.6 Å². The van der Waals surface area contributed by atoms with E-state index < -0.39 is 0 Å². The Morgan fingerprint density at radius 1 is 1.22 bits per heavy atom. The first kappa shape index (κ1) is 21.2. The molecule has 1 aliphatic rings. The second kappa shape index (κ2) is 8.99. The van der Waals surface area contributed by atoms with Gasteiger partial charge in [0.2, 0.25) is 0 Å². The zero-order valence-corrected chi connectivity index (χ0v) is 18.1. The topological polar surface area (TPSA) is 52.8 Å². The Balaban J connectivity index is 1.95. The standard InChI is InChI=1S/C27H23FN4/c1-4-19(23-9-5-7-18(2)25(23)15-29)14-24-26(32(3)22-8-6-12-30-17-22)11-10-20-13-21(28)16-31-27(20)24/h4-9,12-14,16-17H,1,10-11H2,2-3H3/b19-14+. The highest BCUT2D eigenvalue weighted by Crippen LogP contribution is 2.37. The number of hydrogen-bond donors (Lipinski definition) is 0. The zero-order valence-electron chi connectivity index (χ0n) is 18.1. The Labute approximate surface area is 187 Å². The molecule has 0 aliphatic heterocycles. The van der Waals surface area contributed by atoms with Gasteiger partial charge >= 0.3 is 0 Å². The van der Waals surface area contributed by atoms with Crippen LogP contribution in [-0.2, 0) is 6.42 Å². The molecule has 0 amide bonds. The first-order valence-corrected chi connectivity index (χ1v) is 10.4. The van der Waals surface area contributed by atoms with Gasteiger partial charge in [-0.05, 0) is 66.3 Å². The summed E-state index contributed by atoms with van der Waals surface area (Å²) in [5, 5.41) is 9.73. The van der Waals surface area contributed by atoms with E-state index in [0.29, 0.717) is 12.0 Å². The molecule has 4 nitrogen and oxygen atoms in total. The highest BCUT2D eigenvalue weighted by atomic mass is 19.1. The van der Waals surface area contributed by atoms with Gasteiger partial charge in [-0.25, -0.2) is 4.39 Å². The summed E-state index contributed by atoms with van der Waals surface area (Å²) in [7, 11) is 2.00. The van der Waals surface area contributed by atoms with Crippen LogP contribution in [0.5, 0.6) is 0 Å². The van der Waals surface area contributed by atoms with E-state index in [0.717, 1.165) is 51.3 Å². The van der Waals surface area contributed by atoms with Crippen molar-refractivity contribution in [2.75, 3.05) is 11.9 Å². The molecular weight excluding hydrogens is 399 g/mol. The number of aryl methyl sites for hydroxylation is 2. The largest absolute Gasteiger partial charge is 0.346 e. The molecule has 158 valence electrons. The second-order valence-electron chi connectivity index (χ2n) is 7.70. The van der Waals surface area contributed by atoms with Crippen LogP contribution in [-0.4, -0.2) is 17.0 Å². The van der Waals surface area contributed by atoms with Crippen LogP contribution in [0.2, 0.25) is 0 Å². The molecule has 0 saturated heterocycles. The summed E-state index contributed by atoms with van der Waals surface area (Å²) < 4.78 is 13.9. The maximum Gasteiger partial charge on any atom is 0.141 e. The number of nitrogens with zero attached hydrogens (tertiary/aromatic N) is 4. The van der Waals surface area contributed by atoms with Gasteiger partial charge in [-0.3, -0.25) is 9.97 Å². The molecule has 0 atom stereocenters. The normalized spacial score (nSPS) is 13.4. The highest BCUT2D eigenvalue weighted by molar-refractivity contribution is 5.91. The van der Waals surface area contributed by atoms with E-state index in [2.05, 4.69) is 27.5 Å². The van der Waals surface area contributed by atoms with Crippen LogP contribution >= 0.6 is 0 Å². The van der Waals surface area contributed by atoms with Crippen LogP contribution in [0, 0.1) is 24.1 Å². The minimum Gasteiger partial charge on any atom is -0.346 e. The molecule has 0 unspecified atom stereocenters. The highest BCUT2D eigenvalue weighted by Gasteiger charge is 2.23. The predicted molar refractivity (Wildman–Crippen MR) is 126 cm³/mol. The zero-order chi connectivity index (χ0) is 22.7. The third-order valence-corrected chi connectivity index (χ3v) is 5.78. The molecule has 0 fully saturated rings. The van der Waals surface area contributed by atoms with Crippen LogP contribution in [0.1, 0.15) is 34.4 Å². The molecule has 1 aromatic carbocycles. The quantitative estimate of drug-likeness (QED) is 0.483. The molecule has 1 aliphatic carbocycles. The first-order chi connectivity index (χ1) is 15.5. The number of hydrogen-bond acceptors (Lipinski definition) is 4. The van der Waals surface area contributed by atoms with E-state index >= 15 is 0 Å². The van der Waals surface area contributed by atoms with Gasteiger partial charge in [0.25, 0.3) is 0 Å². The van der Waals surface area contributed by atoms with Crippen molar-refractivity contribution in [2.45, 2.75) is 19.8 Å². The number of allylic oxidation sites excluding steroid dienone is 5. The van der Waals surface area contributed by atoms with Gasteiger partial charge in [-0.15, -0.1) is 0 Å². The summed E-state index contributed by atoms with van der Waals surface area (Å²) in [6.45, 7) is 5.92. The fourth-order valence-electron chi connectivity index (χ4n) is 4.11. The molecule has 0 radical (unpaired) electrons. The second-order valence-corrected chi connectivity index (χ2v) is 7.70. The van der Waals surface area contributed by atoms with Crippen molar-refractivity contribution < 1.29 is 4.39 Å². The molecular formula is C27H23FN4. The number of pyridine rings is 2. The molecule has 5 heteroatoms. The molecule has 32 heavy (non-hydrogen) atoms. The van der Waals surface area contributed by atoms with Gasteiger partial charge in [0.05, 0.1) is 29.3 Å². The monoisotopic (exact) mass is 422 g/mol. The van der Waals surface area contributed by atoms with Crippen LogP contribution in [0.15, 0.2) is 79.4 Å². The minimum absolute atomic E-state index is 0.342. The molecule has 2 heterocycles. The Bertz CT molecular complexity index is 1280. The van der Waals surface area contributed by atoms with Gasteiger partial charge in [-0.1, -0.05) is 30.9 Å². The molecule has 2 aromatic heterocycles. The van der Waals surface area contributed by atoms with Crippen LogP contribution < -0.4 is 4.90 Å². The Morgan fingerprint density at radius 3 is 2.78 bits per heavy atom. The summed E-state index contributed by atoms with van der Waals surface area (Å²) in [4.78, 5) is 10.8. The molecule has 0 N–H and O–H groups in total. The molecule has 0 saturated carbocycles. The van der Waals surface area contributed by atoms with Gasteiger partial charge in [0.1, 0.15) is 11.9 Å². The summed E-state index contributed by atoms with van der Waals surface area (Å²) in [5.41, 5.74) is 7.65. The summed E-state index contributed by atoms with van der Waals surface area (Å²) in [5.74, 6) is -0.342. The number of benzene rings is 1. The number of halogens is 1. The maximum atomic E-state index is 13.9. The molecule has 0 bridgehead atoms. The lowest BCUT2D eigenvalue weighted by atomic mass is 9.88. The number of rotatable bonds is 5. The van der Waals surface area contributed by atoms with Crippen molar-refractivity contribution in [1.82, 2.24) is 9.97 Å². The molecule has 3 aromatic rings. The van der Waals surface area contributed by atoms with Crippen molar-refractivity contribution in [2.24, 2.45) is 0 Å². The number of fused-ring (bicyclic) bond motifs is 1. The van der Waals surface area contributed by atoms with E-state index in [-0.39, 0.29) is 5.82 Å².